The van der Waals surface area contributed by atoms with Crippen LogP contribution in [0.2, 0.25) is 0 Å². The Morgan fingerprint density at radius 1 is 1.33 bits per heavy atom. The Hall–Kier alpha value is -1.74. The molecule has 0 bridgehead atoms. The van der Waals surface area contributed by atoms with Crippen LogP contribution in [0.1, 0.15) is 25.8 Å². The molecule has 1 atom stereocenters. The SMILES string of the molecule is CCCn1c(S[C@@H](C)C(=O)N2CCOCC2)nc2ccc(C(F)(F)F)cc21. The van der Waals surface area contributed by atoms with Crippen LogP contribution in [0.3, 0.4) is 0 Å². The number of rotatable bonds is 5. The standard InChI is InChI=1S/C18H22F3N3O2S/c1-3-6-24-15-11-13(18(19,20)21)4-5-14(15)22-17(24)27-12(2)16(25)23-7-9-26-10-8-23/h4-5,11-12H,3,6-10H2,1-2H3/t12-/m0/s1. The van der Waals surface area contributed by atoms with Crippen LogP contribution in [0.15, 0.2) is 23.4 Å². The number of carbonyl (C=O) groups excluding carboxylic acids is 1. The van der Waals surface area contributed by atoms with Crippen LogP contribution in [0.4, 0.5) is 13.2 Å². The third-order valence-electron chi connectivity index (χ3n) is 4.44. The van der Waals surface area contributed by atoms with Gasteiger partial charge in [0, 0.05) is 19.6 Å². The number of hydrogen-bond acceptors (Lipinski definition) is 4. The summed E-state index contributed by atoms with van der Waals surface area (Å²) in [6.45, 7) is 6.47. The fourth-order valence-corrected chi connectivity index (χ4v) is 4.09. The highest BCUT2D eigenvalue weighted by molar-refractivity contribution is 8.00. The molecule has 9 heteroatoms. The zero-order valence-corrected chi connectivity index (χ0v) is 16.1. The summed E-state index contributed by atoms with van der Waals surface area (Å²) in [7, 11) is 0. The van der Waals surface area contributed by atoms with Gasteiger partial charge in [-0.15, -0.1) is 0 Å². The highest BCUT2D eigenvalue weighted by atomic mass is 32.2. The molecule has 1 saturated heterocycles. The molecule has 1 amide bonds. The number of benzene rings is 1. The largest absolute Gasteiger partial charge is 0.416 e. The van der Waals surface area contributed by atoms with Crippen molar-refractivity contribution in [2.24, 2.45) is 0 Å². The van der Waals surface area contributed by atoms with E-state index in [-0.39, 0.29) is 11.2 Å². The monoisotopic (exact) mass is 401 g/mol. The molecule has 1 aliphatic rings. The van der Waals surface area contributed by atoms with Gasteiger partial charge in [0.1, 0.15) is 0 Å². The van der Waals surface area contributed by atoms with Gasteiger partial charge in [-0.3, -0.25) is 4.79 Å². The zero-order valence-electron chi connectivity index (χ0n) is 15.3. The van der Waals surface area contributed by atoms with E-state index in [4.69, 9.17) is 4.74 Å². The summed E-state index contributed by atoms with van der Waals surface area (Å²) in [5.74, 6) is -0.00520. The van der Waals surface area contributed by atoms with Crippen molar-refractivity contribution in [3.05, 3.63) is 23.8 Å². The van der Waals surface area contributed by atoms with E-state index in [1.54, 1.807) is 16.4 Å². The molecule has 1 fully saturated rings. The number of thioether (sulfide) groups is 1. The number of alkyl halides is 3. The van der Waals surface area contributed by atoms with Crippen molar-refractivity contribution in [2.45, 2.75) is 43.4 Å². The van der Waals surface area contributed by atoms with Gasteiger partial charge < -0.3 is 14.2 Å². The molecule has 1 aliphatic heterocycles. The van der Waals surface area contributed by atoms with Gasteiger partial charge >= 0.3 is 6.18 Å². The Balaban J connectivity index is 1.88. The molecule has 1 aromatic carbocycles. The van der Waals surface area contributed by atoms with E-state index in [1.807, 2.05) is 6.92 Å². The molecular weight excluding hydrogens is 379 g/mol. The molecule has 27 heavy (non-hydrogen) atoms. The maximum atomic E-state index is 13.1. The molecule has 2 aromatic rings. The van der Waals surface area contributed by atoms with Crippen LogP contribution in [0.5, 0.6) is 0 Å². The molecule has 2 heterocycles. The van der Waals surface area contributed by atoms with Gasteiger partial charge in [-0.25, -0.2) is 4.98 Å². The summed E-state index contributed by atoms with van der Waals surface area (Å²) in [6.07, 6.45) is -3.65. The Kier molecular flexibility index (Phi) is 6.00. The van der Waals surface area contributed by atoms with Gasteiger partial charge in [0.2, 0.25) is 5.91 Å². The molecule has 0 N–H and O–H groups in total. The second kappa shape index (κ2) is 8.10. The van der Waals surface area contributed by atoms with E-state index in [0.717, 1.165) is 18.6 Å². The summed E-state index contributed by atoms with van der Waals surface area (Å²) in [5, 5.41) is 0.192. The van der Waals surface area contributed by atoms with Crippen molar-refractivity contribution in [1.29, 1.82) is 0 Å². The number of nitrogens with zero attached hydrogens (tertiary/aromatic N) is 3. The zero-order chi connectivity index (χ0) is 19.6. The molecule has 3 rings (SSSR count). The number of imidazole rings is 1. The number of aromatic nitrogens is 2. The van der Waals surface area contributed by atoms with E-state index < -0.39 is 11.7 Å². The molecular formula is C18H22F3N3O2S. The van der Waals surface area contributed by atoms with Crippen molar-refractivity contribution in [3.8, 4) is 0 Å². The highest BCUT2D eigenvalue weighted by Gasteiger charge is 2.31. The van der Waals surface area contributed by atoms with Crippen LogP contribution in [0.25, 0.3) is 11.0 Å². The lowest BCUT2D eigenvalue weighted by atomic mass is 10.2. The first-order chi connectivity index (χ1) is 12.8. The minimum Gasteiger partial charge on any atom is -0.378 e. The van der Waals surface area contributed by atoms with E-state index in [9.17, 15) is 18.0 Å². The normalized spacial score (nSPS) is 16.7. The minimum atomic E-state index is -4.40. The van der Waals surface area contributed by atoms with Crippen LogP contribution in [-0.2, 0) is 22.3 Å². The Labute approximate surface area is 159 Å². The fraction of sp³-hybridized carbons (Fsp3) is 0.556. The predicted octanol–water partition coefficient (Wildman–Crippen LogP) is 3.80. The second-order valence-corrected chi connectivity index (χ2v) is 7.75. The van der Waals surface area contributed by atoms with Gasteiger partial charge in [-0.05, 0) is 31.5 Å². The molecule has 148 valence electrons. The van der Waals surface area contributed by atoms with E-state index in [2.05, 4.69) is 4.98 Å². The summed E-state index contributed by atoms with van der Waals surface area (Å²) in [5.41, 5.74) is 0.256. The first-order valence-corrected chi connectivity index (χ1v) is 9.80. The molecule has 5 nitrogen and oxygen atoms in total. The average molecular weight is 401 g/mol. The van der Waals surface area contributed by atoms with E-state index >= 15 is 0 Å². The maximum absolute atomic E-state index is 13.1. The summed E-state index contributed by atoms with van der Waals surface area (Å²) in [6, 6.07) is 3.57. The van der Waals surface area contributed by atoms with E-state index in [1.165, 1.54) is 17.8 Å². The number of aryl methyl sites for hydroxylation is 1. The van der Waals surface area contributed by atoms with Crippen molar-refractivity contribution >= 4 is 28.7 Å². The number of fused-ring (bicyclic) bond motifs is 1. The fourth-order valence-electron chi connectivity index (χ4n) is 3.06. The lowest BCUT2D eigenvalue weighted by molar-refractivity contribution is -0.137. The number of carbonyl (C=O) groups is 1. The number of morpholine rings is 1. The van der Waals surface area contributed by atoms with Crippen LogP contribution in [0, 0.1) is 0 Å². The summed E-state index contributed by atoms with van der Waals surface area (Å²) >= 11 is 1.29. The van der Waals surface area contributed by atoms with E-state index in [0.29, 0.717) is 49.0 Å². The minimum absolute atomic E-state index is 0.00520. The number of amides is 1. The van der Waals surface area contributed by atoms with Crippen LogP contribution >= 0.6 is 11.8 Å². The second-order valence-electron chi connectivity index (χ2n) is 6.45. The lowest BCUT2D eigenvalue weighted by Crippen LogP contribution is -2.44. The molecule has 0 aliphatic carbocycles. The Bertz CT molecular complexity index is 816. The number of hydrogen-bond donors (Lipinski definition) is 0. The number of halogens is 3. The maximum Gasteiger partial charge on any atom is 0.416 e. The third-order valence-corrected chi connectivity index (χ3v) is 5.52. The molecule has 0 spiro atoms. The average Bonchev–Trinajstić information content (AvgIpc) is 2.98. The van der Waals surface area contributed by atoms with Gasteiger partial charge in [-0.1, -0.05) is 18.7 Å². The predicted molar refractivity (Wildman–Crippen MR) is 97.7 cm³/mol. The Morgan fingerprint density at radius 3 is 2.67 bits per heavy atom. The number of ether oxygens (including phenoxy) is 1. The van der Waals surface area contributed by atoms with Crippen LogP contribution < -0.4 is 0 Å². The molecule has 0 unspecified atom stereocenters. The smallest absolute Gasteiger partial charge is 0.378 e. The Morgan fingerprint density at radius 2 is 2.04 bits per heavy atom. The molecule has 1 aromatic heterocycles. The van der Waals surface area contributed by atoms with Gasteiger partial charge in [0.15, 0.2) is 5.16 Å². The van der Waals surface area contributed by atoms with Gasteiger partial charge in [0.25, 0.3) is 0 Å². The summed E-state index contributed by atoms with van der Waals surface area (Å²) < 4.78 is 46.2. The van der Waals surface area contributed by atoms with Crippen molar-refractivity contribution in [2.75, 3.05) is 26.3 Å². The third kappa shape index (κ3) is 4.40. The quantitative estimate of drug-likeness (QED) is 0.715. The van der Waals surface area contributed by atoms with Crippen molar-refractivity contribution < 1.29 is 22.7 Å². The first kappa shape index (κ1) is 20.0. The first-order valence-electron chi connectivity index (χ1n) is 8.92. The lowest BCUT2D eigenvalue weighted by Gasteiger charge is -2.29. The van der Waals surface area contributed by atoms with Gasteiger partial charge in [0.05, 0.1) is 35.1 Å². The van der Waals surface area contributed by atoms with Crippen molar-refractivity contribution in [3.63, 3.8) is 0 Å². The summed E-state index contributed by atoms with van der Waals surface area (Å²) in [4.78, 5) is 18.9. The highest BCUT2D eigenvalue weighted by Crippen LogP contribution is 2.34. The van der Waals surface area contributed by atoms with Crippen molar-refractivity contribution in [1.82, 2.24) is 14.5 Å². The molecule has 0 radical (unpaired) electrons. The topological polar surface area (TPSA) is 47.4 Å². The van der Waals surface area contributed by atoms with Gasteiger partial charge in [-0.2, -0.15) is 13.2 Å². The van der Waals surface area contributed by atoms with Crippen LogP contribution in [-0.4, -0.2) is 51.9 Å². The molecule has 0 saturated carbocycles.